The van der Waals surface area contributed by atoms with Gasteiger partial charge in [-0.1, -0.05) is 18.2 Å². The van der Waals surface area contributed by atoms with Crippen LogP contribution >= 0.6 is 0 Å². The van der Waals surface area contributed by atoms with Crippen LogP contribution in [0.5, 0.6) is 5.75 Å². The van der Waals surface area contributed by atoms with Crippen LogP contribution in [-0.2, 0) is 11.3 Å². The number of hydrogen-bond acceptors (Lipinski definition) is 4. The number of likely N-dealkylation sites (tertiary alicyclic amines) is 1. The molecule has 0 atom stereocenters. The summed E-state index contributed by atoms with van der Waals surface area (Å²) in [6, 6.07) is 11.4. The molecular weight excluding hydrogens is 378 g/mol. The van der Waals surface area contributed by atoms with Gasteiger partial charge in [-0.25, -0.2) is 0 Å². The Morgan fingerprint density at radius 1 is 1.10 bits per heavy atom. The Kier molecular flexibility index (Phi) is 6.02. The SMILES string of the molecule is COc1ccccc1CNC(=O)c1ccc(C)nc1C1CCN(C(=O)C2CC2)CC1. The molecule has 2 aliphatic rings. The van der Waals surface area contributed by atoms with Gasteiger partial charge in [0.1, 0.15) is 5.75 Å². The van der Waals surface area contributed by atoms with Crippen molar-refractivity contribution in [2.24, 2.45) is 5.92 Å². The van der Waals surface area contributed by atoms with E-state index in [9.17, 15) is 9.59 Å². The Hall–Kier alpha value is -2.89. The smallest absolute Gasteiger partial charge is 0.253 e. The third-order valence-electron chi connectivity index (χ3n) is 6.06. The highest BCUT2D eigenvalue weighted by Gasteiger charge is 2.35. The summed E-state index contributed by atoms with van der Waals surface area (Å²) in [4.78, 5) is 32.1. The molecule has 1 aliphatic heterocycles. The predicted molar refractivity (Wildman–Crippen MR) is 114 cm³/mol. The highest BCUT2D eigenvalue weighted by molar-refractivity contribution is 5.95. The number of amides is 2. The predicted octanol–water partition coefficient (Wildman–Crippen LogP) is 3.44. The van der Waals surface area contributed by atoms with Crippen LogP contribution in [0.3, 0.4) is 0 Å². The average Bonchev–Trinajstić information content (AvgIpc) is 3.62. The van der Waals surface area contributed by atoms with E-state index >= 15 is 0 Å². The number of piperidine rings is 1. The fraction of sp³-hybridized carbons (Fsp3) is 0.458. The minimum Gasteiger partial charge on any atom is -0.496 e. The van der Waals surface area contributed by atoms with Crippen molar-refractivity contribution in [2.45, 2.75) is 45.1 Å². The summed E-state index contributed by atoms with van der Waals surface area (Å²) in [5, 5.41) is 3.02. The van der Waals surface area contributed by atoms with Gasteiger partial charge in [0.25, 0.3) is 5.91 Å². The van der Waals surface area contributed by atoms with Gasteiger partial charge >= 0.3 is 0 Å². The summed E-state index contributed by atoms with van der Waals surface area (Å²) in [5.74, 6) is 1.39. The van der Waals surface area contributed by atoms with Crippen LogP contribution in [-0.4, -0.2) is 41.9 Å². The molecule has 2 aromatic rings. The number of aryl methyl sites for hydroxylation is 1. The van der Waals surface area contributed by atoms with Gasteiger partial charge in [0.15, 0.2) is 0 Å². The van der Waals surface area contributed by atoms with Gasteiger partial charge in [0, 0.05) is 42.7 Å². The first-order valence-electron chi connectivity index (χ1n) is 10.7. The number of para-hydroxylation sites is 1. The van der Waals surface area contributed by atoms with E-state index in [1.54, 1.807) is 7.11 Å². The molecule has 1 saturated heterocycles. The van der Waals surface area contributed by atoms with Crippen LogP contribution in [0.2, 0.25) is 0 Å². The van der Waals surface area contributed by atoms with Gasteiger partial charge < -0.3 is 15.0 Å². The first kappa shape index (κ1) is 20.4. The summed E-state index contributed by atoms with van der Waals surface area (Å²) in [6.45, 7) is 3.84. The second kappa shape index (κ2) is 8.86. The van der Waals surface area contributed by atoms with Crippen LogP contribution in [0.25, 0.3) is 0 Å². The molecule has 1 N–H and O–H groups in total. The minimum absolute atomic E-state index is 0.125. The molecule has 2 fully saturated rings. The average molecular weight is 408 g/mol. The van der Waals surface area contributed by atoms with Crippen molar-refractivity contribution in [1.29, 1.82) is 0 Å². The second-order valence-electron chi connectivity index (χ2n) is 8.25. The Balaban J connectivity index is 1.45. The Morgan fingerprint density at radius 3 is 2.53 bits per heavy atom. The van der Waals surface area contributed by atoms with Crippen molar-refractivity contribution in [3.8, 4) is 5.75 Å². The number of carbonyl (C=O) groups excluding carboxylic acids is 2. The quantitative estimate of drug-likeness (QED) is 0.796. The highest BCUT2D eigenvalue weighted by Crippen LogP contribution is 2.35. The van der Waals surface area contributed by atoms with E-state index in [0.29, 0.717) is 18.0 Å². The van der Waals surface area contributed by atoms with Crippen molar-refractivity contribution < 1.29 is 14.3 Å². The maximum Gasteiger partial charge on any atom is 0.253 e. The van der Waals surface area contributed by atoms with Crippen molar-refractivity contribution in [3.63, 3.8) is 0 Å². The molecule has 2 heterocycles. The zero-order chi connectivity index (χ0) is 21.1. The van der Waals surface area contributed by atoms with Crippen molar-refractivity contribution in [3.05, 3.63) is 58.9 Å². The fourth-order valence-electron chi connectivity index (χ4n) is 4.16. The van der Waals surface area contributed by atoms with E-state index in [4.69, 9.17) is 9.72 Å². The summed E-state index contributed by atoms with van der Waals surface area (Å²) < 4.78 is 5.37. The molecule has 1 aromatic heterocycles. The highest BCUT2D eigenvalue weighted by atomic mass is 16.5. The zero-order valence-corrected chi connectivity index (χ0v) is 17.7. The lowest BCUT2D eigenvalue weighted by molar-refractivity contribution is -0.133. The van der Waals surface area contributed by atoms with Gasteiger partial charge in [-0.3, -0.25) is 14.6 Å². The van der Waals surface area contributed by atoms with Gasteiger partial charge in [-0.15, -0.1) is 0 Å². The maximum absolute atomic E-state index is 13.0. The van der Waals surface area contributed by atoms with Gasteiger partial charge in [0.05, 0.1) is 18.4 Å². The molecule has 4 rings (SSSR count). The third kappa shape index (κ3) is 4.48. The van der Waals surface area contributed by atoms with E-state index in [1.807, 2.05) is 48.2 Å². The summed E-state index contributed by atoms with van der Waals surface area (Å²) in [6.07, 6.45) is 3.77. The Morgan fingerprint density at radius 2 is 1.83 bits per heavy atom. The molecule has 30 heavy (non-hydrogen) atoms. The number of methoxy groups -OCH3 is 1. The maximum atomic E-state index is 13.0. The molecule has 1 aromatic carbocycles. The lowest BCUT2D eigenvalue weighted by Gasteiger charge is -2.32. The summed E-state index contributed by atoms with van der Waals surface area (Å²) in [5.41, 5.74) is 3.32. The molecule has 0 unspecified atom stereocenters. The van der Waals surface area contributed by atoms with Gasteiger partial charge in [-0.2, -0.15) is 0 Å². The number of pyridine rings is 1. The van der Waals surface area contributed by atoms with Crippen molar-refractivity contribution in [2.75, 3.05) is 20.2 Å². The zero-order valence-electron chi connectivity index (χ0n) is 17.7. The lowest BCUT2D eigenvalue weighted by Crippen LogP contribution is -2.39. The Bertz CT molecular complexity index is 931. The fourth-order valence-corrected chi connectivity index (χ4v) is 4.16. The van der Waals surface area contributed by atoms with Crippen LogP contribution < -0.4 is 10.1 Å². The molecular formula is C24H29N3O3. The topological polar surface area (TPSA) is 71.5 Å². The minimum atomic E-state index is -0.125. The number of hydrogen-bond donors (Lipinski definition) is 1. The van der Waals surface area contributed by atoms with Gasteiger partial charge in [0.2, 0.25) is 5.91 Å². The molecule has 1 aliphatic carbocycles. The molecule has 2 amide bonds. The number of nitrogens with zero attached hydrogens (tertiary/aromatic N) is 2. The van der Waals surface area contributed by atoms with Gasteiger partial charge in [-0.05, 0) is 50.8 Å². The number of benzene rings is 1. The third-order valence-corrected chi connectivity index (χ3v) is 6.06. The monoisotopic (exact) mass is 407 g/mol. The van der Waals surface area contributed by atoms with Crippen LogP contribution in [0.15, 0.2) is 36.4 Å². The van der Waals surface area contributed by atoms with Crippen LogP contribution in [0.1, 0.15) is 58.9 Å². The first-order chi connectivity index (χ1) is 14.6. The van der Waals surface area contributed by atoms with E-state index in [1.165, 1.54) is 0 Å². The molecule has 6 nitrogen and oxygen atoms in total. The number of rotatable bonds is 6. The van der Waals surface area contributed by atoms with Crippen molar-refractivity contribution >= 4 is 11.8 Å². The molecule has 6 heteroatoms. The summed E-state index contributed by atoms with van der Waals surface area (Å²) in [7, 11) is 1.63. The summed E-state index contributed by atoms with van der Waals surface area (Å²) >= 11 is 0. The number of carbonyl (C=O) groups is 2. The van der Waals surface area contributed by atoms with E-state index < -0.39 is 0 Å². The van der Waals surface area contributed by atoms with E-state index in [0.717, 1.165) is 61.5 Å². The first-order valence-corrected chi connectivity index (χ1v) is 10.7. The number of ether oxygens (including phenoxy) is 1. The molecule has 1 saturated carbocycles. The standard InChI is InChI=1S/C24H29N3O3/c1-16-7-10-20(23(28)25-15-19-5-3-4-6-21(19)30-2)22(26-16)17-11-13-27(14-12-17)24(29)18-8-9-18/h3-7,10,17-18H,8-9,11-15H2,1-2H3,(H,25,28). The molecule has 158 valence electrons. The van der Waals surface area contributed by atoms with Crippen LogP contribution in [0, 0.1) is 12.8 Å². The lowest BCUT2D eigenvalue weighted by atomic mass is 9.89. The van der Waals surface area contributed by atoms with E-state index in [-0.39, 0.29) is 17.7 Å². The Labute approximate surface area is 177 Å². The number of aromatic nitrogens is 1. The molecule has 0 bridgehead atoms. The second-order valence-corrected chi connectivity index (χ2v) is 8.25. The normalized spacial score (nSPS) is 16.9. The van der Waals surface area contributed by atoms with E-state index in [2.05, 4.69) is 5.32 Å². The van der Waals surface area contributed by atoms with Crippen molar-refractivity contribution in [1.82, 2.24) is 15.2 Å². The largest absolute Gasteiger partial charge is 0.496 e. The van der Waals surface area contributed by atoms with Crippen LogP contribution in [0.4, 0.5) is 0 Å². The molecule has 0 spiro atoms. The molecule has 0 radical (unpaired) electrons. The number of nitrogens with one attached hydrogen (secondary N) is 1.